The summed E-state index contributed by atoms with van der Waals surface area (Å²) in [6.07, 6.45) is 1.86. The van der Waals surface area contributed by atoms with Gasteiger partial charge in [0.15, 0.2) is 16.7 Å². The van der Waals surface area contributed by atoms with E-state index < -0.39 is 0 Å². The minimum absolute atomic E-state index is 0.0577. The highest BCUT2D eigenvalue weighted by atomic mass is 35.5. The molecule has 0 N–H and O–H groups in total. The predicted octanol–water partition coefficient (Wildman–Crippen LogP) is 5.30. The quantitative estimate of drug-likeness (QED) is 0.622. The molecule has 0 bridgehead atoms. The Morgan fingerprint density at radius 1 is 1.14 bits per heavy atom. The van der Waals surface area contributed by atoms with Crippen molar-refractivity contribution >= 4 is 46.2 Å². The highest BCUT2D eigenvalue weighted by Gasteiger charge is 2.35. The van der Waals surface area contributed by atoms with Crippen LogP contribution in [0.1, 0.15) is 25.0 Å². The molecule has 0 unspecified atom stereocenters. The lowest BCUT2D eigenvalue weighted by Crippen LogP contribution is -2.29. The Morgan fingerprint density at radius 2 is 1.90 bits per heavy atom. The summed E-state index contributed by atoms with van der Waals surface area (Å²) in [6, 6.07) is 11.3. The first-order valence-electron chi connectivity index (χ1n) is 9.40. The lowest BCUT2D eigenvalue weighted by Gasteiger charge is -2.18. The van der Waals surface area contributed by atoms with E-state index in [4.69, 9.17) is 21.1 Å². The number of aryl methyl sites for hydroxylation is 1. The van der Waals surface area contributed by atoms with Crippen LogP contribution < -0.4 is 14.4 Å². The zero-order valence-corrected chi connectivity index (χ0v) is 18.0. The molecule has 2 aliphatic rings. The lowest BCUT2D eigenvalue weighted by molar-refractivity contribution is -0.113. The van der Waals surface area contributed by atoms with Gasteiger partial charge in [0.25, 0.3) is 5.91 Å². The van der Waals surface area contributed by atoms with Crippen molar-refractivity contribution in [1.29, 1.82) is 0 Å². The van der Waals surface area contributed by atoms with E-state index in [1.165, 1.54) is 11.8 Å². The molecular weight excluding hydrogens is 408 g/mol. The number of benzene rings is 2. The summed E-state index contributed by atoms with van der Waals surface area (Å²) in [5, 5.41) is 1.27. The van der Waals surface area contributed by atoms with E-state index in [-0.39, 0.29) is 11.9 Å². The number of rotatable bonds is 3. The Bertz CT molecular complexity index is 1030. The van der Waals surface area contributed by atoms with Crippen molar-refractivity contribution in [1.82, 2.24) is 0 Å². The summed E-state index contributed by atoms with van der Waals surface area (Å²) in [5.74, 6) is 1.30. The molecule has 4 rings (SSSR count). The zero-order valence-electron chi connectivity index (χ0n) is 16.4. The van der Waals surface area contributed by atoms with E-state index in [1.807, 2.05) is 57.2 Å². The number of carbonyl (C=O) groups is 1. The third-order valence-corrected chi connectivity index (χ3v) is 5.84. The molecule has 2 aliphatic heterocycles. The maximum atomic E-state index is 13.2. The minimum atomic E-state index is -0.121. The van der Waals surface area contributed by atoms with Crippen LogP contribution in [0.4, 0.5) is 5.69 Å². The number of ether oxygens (including phenoxy) is 2. The maximum Gasteiger partial charge on any atom is 0.271 e. The van der Waals surface area contributed by atoms with Crippen LogP contribution in [0.5, 0.6) is 11.5 Å². The molecule has 0 aliphatic carbocycles. The van der Waals surface area contributed by atoms with E-state index in [9.17, 15) is 4.79 Å². The zero-order chi connectivity index (χ0) is 20.5. The summed E-state index contributed by atoms with van der Waals surface area (Å²) in [6.45, 7) is 6.98. The standard InChI is InChI=1S/C22H21ClN2O3S/c1-13(2)24-22-25(16-6-4-14(3)17(23)12-16)21(26)20(29-22)11-15-5-7-18-19(10-15)28-9-8-27-18/h4-7,10-13H,8-9H2,1-3H3/b20-11-,24-22-. The van der Waals surface area contributed by atoms with Crippen LogP contribution in [0.3, 0.4) is 0 Å². The number of hydrogen-bond acceptors (Lipinski definition) is 5. The fourth-order valence-corrected chi connectivity index (χ4v) is 4.32. The van der Waals surface area contributed by atoms with Gasteiger partial charge >= 0.3 is 0 Å². The highest BCUT2D eigenvalue weighted by molar-refractivity contribution is 8.19. The molecule has 0 saturated carbocycles. The first kappa shape index (κ1) is 19.9. The molecular formula is C22H21ClN2O3S. The molecule has 2 heterocycles. The monoisotopic (exact) mass is 428 g/mol. The second kappa shape index (κ2) is 8.13. The largest absolute Gasteiger partial charge is 0.486 e. The van der Waals surface area contributed by atoms with Gasteiger partial charge in [-0.15, -0.1) is 0 Å². The van der Waals surface area contributed by atoms with Crippen molar-refractivity contribution in [2.45, 2.75) is 26.8 Å². The van der Waals surface area contributed by atoms with Gasteiger partial charge in [0.1, 0.15) is 13.2 Å². The van der Waals surface area contributed by atoms with Crippen molar-refractivity contribution in [3.05, 3.63) is 57.5 Å². The molecule has 0 spiro atoms. The van der Waals surface area contributed by atoms with Crippen molar-refractivity contribution in [2.75, 3.05) is 18.1 Å². The molecule has 150 valence electrons. The van der Waals surface area contributed by atoms with Gasteiger partial charge in [-0.05, 0) is 74.0 Å². The van der Waals surface area contributed by atoms with Crippen molar-refractivity contribution in [2.24, 2.45) is 4.99 Å². The number of halogens is 1. The fraction of sp³-hybridized carbons (Fsp3) is 0.273. The van der Waals surface area contributed by atoms with E-state index in [1.54, 1.807) is 11.0 Å². The number of anilines is 1. The molecule has 1 saturated heterocycles. The molecule has 0 atom stereocenters. The molecule has 1 amide bonds. The first-order chi connectivity index (χ1) is 13.9. The number of carbonyl (C=O) groups excluding carboxylic acids is 1. The topological polar surface area (TPSA) is 51.1 Å². The maximum absolute atomic E-state index is 13.2. The van der Waals surface area contributed by atoms with E-state index in [0.717, 1.165) is 16.9 Å². The molecule has 7 heteroatoms. The van der Waals surface area contributed by atoms with E-state index in [0.29, 0.717) is 39.7 Å². The molecule has 2 aromatic carbocycles. The van der Waals surface area contributed by atoms with Gasteiger partial charge in [-0.25, -0.2) is 0 Å². The number of amides is 1. The number of thioether (sulfide) groups is 1. The second-order valence-corrected chi connectivity index (χ2v) is 8.51. The van der Waals surface area contributed by atoms with Crippen molar-refractivity contribution < 1.29 is 14.3 Å². The summed E-state index contributed by atoms with van der Waals surface area (Å²) in [7, 11) is 0. The van der Waals surface area contributed by atoms with E-state index in [2.05, 4.69) is 4.99 Å². The Morgan fingerprint density at radius 3 is 2.62 bits per heavy atom. The summed E-state index contributed by atoms with van der Waals surface area (Å²) < 4.78 is 11.2. The van der Waals surface area contributed by atoms with Crippen molar-refractivity contribution in [3.8, 4) is 11.5 Å². The van der Waals surface area contributed by atoms with Gasteiger partial charge in [0.05, 0.1) is 10.6 Å². The van der Waals surface area contributed by atoms with Gasteiger partial charge < -0.3 is 9.47 Å². The Hall–Kier alpha value is -2.44. The van der Waals surface area contributed by atoms with Crippen LogP contribution in [-0.4, -0.2) is 30.3 Å². The predicted molar refractivity (Wildman–Crippen MR) is 119 cm³/mol. The lowest BCUT2D eigenvalue weighted by atomic mass is 10.1. The van der Waals surface area contributed by atoms with Gasteiger partial charge in [-0.2, -0.15) is 0 Å². The summed E-state index contributed by atoms with van der Waals surface area (Å²) in [4.78, 5) is 20.1. The third-order valence-electron chi connectivity index (χ3n) is 4.45. The van der Waals surface area contributed by atoms with Crippen LogP contribution in [-0.2, 0) is 4.79 Å². The number of aliphatic imine (C=N–C) groups is 1. The van der Waals surface area contributed by atoms with Crippen molar-refractivity contribution in [3.63, 3.8) is 0 Å². The van der Waals surface area contributed by atoms with Gasteiger partial charge in [-0.1, -0.05) is 23.7 Å². The van der Waals surface area contributed by atoms with Crippen LogP contribution in [0, 0.1) is 6.92 Å². The van der Waals surface area contributed by atoms with E-state index >= 15 is 0 Å². The number of fused-ring (bicyclic) bond motifs is 1. The third kappa shape index (κ3) is 4.14. The molecule has 0 aromatic heterocycles. The average molecular weight is 429 g/mol. The highest BCUT2D eigenvalue weighted by Crippen LogP contribution is 2.38. The Labute approximate surface area is 179 Å². The minimum Gasteiger partial charge on any atom is -0.486 e. The molecule has 1 fully saturated rings. The Balaban J connectivity index is 1.71. The van der Waals surface area contributed by atoms with Gasteiger partial charge in [0.2, 0.25) is 0 Å². The molecule has 0 radical (unpaired) electrons. The number of amidine groups is 1. The number of nitrogens with zero attached hydrogens (tertiary/aromatic N) is 2. The van der Waals surface area contributed by atoms with Gasteiger partial charge in [0, 0.05) is 11.1 Å². The smallest absolute Gasteiger partial charge is 0.271 e. The van der Waals surface area contributed by atoms with Crippen LogP contribution in [0.25, 0.3) is 6.08 Å². The molecule has 5 nitrogen and oxygen atoms in total. The average Bonchev–Trinajstić information content (AvgIpc) is 2.98. The normalized spacial score (nSPS) is 18.9. The summed E-state index contributed by atoms with van der Waals surface area (Å²) >= 11 is 7.67. The van der Waals surface area contributed by atoms with Gasteiger partial charge in [-0.3, -0.25) is 14.7 Å². The molecule has 29 heavy (non-hydrogen) atoms. The van der Waals surface area contributed by atoms with Crippen LogP contribution >= 0.6 is 23.4 Å². The SMILES string of the molecule is Cc1ccc(N2C(=O)/C(=C/c3ccc4c(c3)OCCO4)S/C2=N\C(C)C)cc1Cl. The Kier molecular flexibility index (Phi) is 5.56. The number of hydrogen-bond donors (Lipinski definition) is 0. The fourth-order valence-electron chi connectivity index (χ4n) is 3.03. The second-order valence-electron chi connectivity index (χ2n) is 7.09. The van der Waals surface area contributed by atoms with Crippen LogP contribution in [0.15, 0.2) is 46.3 Å². The summed E-state index contributed by atoms with van der Waals surface area (Å²) in [5.41, 5.74) is 2.55. The first-order valence-corrected chi connectivity index (χ1v) is 10.6. The van der Waals surface area contributed by atoms with Crippen LogP contribution in [0.2, 0.25) is 5.02 Å². The molecule has 2 aromatic rings.